The molecule has 4 aromatic rings. The monoisotopic (exact) mass is 475 g/mol. The van der Waals surface area contributed by atoms with Gasteiger partial charge < -0.3 is 28.7 Å². The van der Waals surface area contributed by atoms with Gasteiger partial charge in [0.05, 0.1) is 30.4 Å². The Balaban J connectivity index is 1.80. The smallest absolute Gasteiger partial charge is 0.316 e. The van der Waals surface area contributed by atoms with Crippen LogP contribution in [0.4, 0.5) is 5.69 Å². The molecule has 1 amide bonds. The van der Waals surface area contributed by atoms with Gasteiger partial charge >= 0.3 is 11.1 Å². The van der Waals surface area contributed by atoms with Gasteiger partial charge in [0.2, 0.25) is 0 Å². The van der Waals surface area contributed by atoms with Crippen molar-refractivity contribution in [2.75, 3.05) is 19.0 Å². The molecule has 3 aromatic carbocycles. The molecule has 4 rings (SSSR count). The molecule has 180 valence electrons. The summed E-state index contributed by atoms with van der Waals surface area (Å²) < 4.78 is 19.2. The summed E-state index contributed by atoms with van der Waals surface area (Å²) in [4.78, 5) is 37.7. The standard InChI is InChI=1S/C26H25N3O6/c1-5-34-18-10-12-19(13-11-18)35-23-15-22-21(28(2)25(31)26(32)29(22)3)14-20(23)27-24(30)16-6-8-17(33-4)9-7-16/h6-15H,5H2,1-4H3,(H,27,30). The highest BCUT2D eigenvalue weighted by Gasteiger charge is 2.17. The molecule has 9 heteroatoms. The molecular formula is C26H25N3O6. The Morgan fingerprint density at radius 2 is 1.37 bits per heavy atom. The van der Waals surface area contributed by atoms with Crippen LogP contribution >= 0.6 is 0 Å². The van der Waals surface area contributed by atoms with E-state index in [0.717, 1.165) is 0 Å². The Bertz CT molecular complexity index is 1500. The van der Waals surface area contributed by atoms with Gasteiger partial charge in [0.1, 0.15) is 17.2 Å². The first-order chi connectivity index (χ1) is 16.8. The van der Waals surface area contributed by atoms with E-state index in [1.165, 1.54) is 23.2 Å². The Kier molecular flexibility index (Phi) is 6.59. The van der Waals surface area contributed by atoms with Crippen LogP contribution in [-0.4, -0.2) is 28.8 Å². The van der Waals surface area contributed by atoms with E-state index in [4.69, 9.17) is 14.2 Å². The third-order valence-corrected chi connectivity index (χ3v) is 5.55. The average Bonchev–Trinajstić information content (AvgIpc) is 2.88. The quantitative estimate of drug-likeness (QED) is 0.409. The van der Waals surface area contributed by atoms with Crippen LogP contribution in [0.5, 0.6) is 23.0 Å². The van der Waals surface area contributed by atoms with Crippen molar-refractivity contribution in [1.29, 1.82) is 0 Å². The Labute approximate surface area is 201 Å². The van der Waals surface area contributed by atoms with Crippen molar-refractivity contribution in [2.45, 2.75) is 6.92 Å². The summed E-state index contributed by atoms with van der Waals surface area (Å²) in [5.41, 5.74) is 0.337. The van der Waals surface area contributed by atoms with E-state index in [0.29, 0.717) is 51.9 Å². The van der Waals surface area contributed by atoms with Crippen molar-refractivity contribution in [1.82, 2.24) is 9.13 Å². The van der Waals surface area contributed by atoms with Crippen LogP contribution in [0, 0.1) is 0 Å². The maximum atomic E-state index is 13.0. The molecule has 35 heavy (non-hydrogen) atoms. The SMILES string of the molecule is CCOc1ccc(Oc2cc3c(cc2NC(=O)c2ccc(OC)cc2)n(C)c(=O)c(=O)n3C)cc1. The number of carbonyl (C=O) groups excluding carboxylic acids is 1. The normalized spacial score (nSPS) is 10.7. The molecule has 0 radical (unpaired) electrons. The number of amides is 1. The highest BCUT2D eigenvalue weighted by Crippen LogP contribution is 2.34. The minimum atomic E-state index is -0.674. The summed E-state index contributed by atoms with van der Waals surface area (Å²) in [6.07, 6.45) is 0. The molecular weight excluding hydrogens is 450 g/mol. The van der Waals surface area contributed by atoms with Crippen LogP contribution in [0.1, 0.15) is 17.3 Å². The molecule has 0 spiro atoms. The zero-order valence-electron chi connectivity index (χ0n) is 19.8. The predicted octanol–water partition coefficient (Wildman–Crippen LogP) is 3.69. The van der Waals surface area contributed by atoms with Crippen molar-refractivity contribution in [2.24, 2.45) is 14.1 Å². The van der Waals surface area contributed by atoms with Crippen molar-refractivity contribution < 1.29 is 19.0 Å². The summed E-state index contributed by atoms with van der Waals surface area (Å²) in [5, 5.41) is 2.86. The Morgan fingerprint density at radius 1 is 0.829 bits per heavy atom. The molecule has 1 N–H and O–H groups in total. The Hall–Kier alpha value is -4.53. The van der Waals surface area contributed by atoms with E-state index >= 15 is 0 Å². The maximum Gasteiger partial charge on any atom is 0.316 e. The number of hydrogen-bond donors (Lipinski definition) is 1. The number of anilines is 1. The van der Waals surface area contributed by atoms with Crippen LogP contribution < -0.4 is 30.6 Å². The number of aryl methyl sites for hydroxylation is 2. The lowest BCUT2D eigenvalue weighted by molar-refractivity contribution is 0.102. The first-order valence-electron chi connectivity index (χ1n) is 10.9. The number of rotatable bonds is 7. The van der Waals surface area contributed by atoms with E-state index in [1.807, 2.05) is 6.92 Å². The second kappa shape index (κ2) is 9.76. The number of carbonyl (C=O) groups is 1. The summed E-state index contributed by atoms with van der Waals surface area (Å²) in [6.45, 7) is 2.44. The molecule has 0 bridgehead atoms. The summed E-state index contributed by atoms with van der Waals surface area (Å²) >= 11 is 0. The first-order valence-corrected chi connectivity index (χ1v) is 10.9. The van der Waals surface area contributed by atoms with Gasteiger partial charge in [0, 0.05) is 25.7 Å². The van der Waals surface area contributed by atoms with Crippen LogP contribution in [0.2, 0.25) is 0 Å². The molecule has 0 saturated heterocycles. The molecule has 0 aliphatic heterocycles. The lowest BCUT2D eigenvalue weighted by Crippen LogP contribution is -2.39. The number of nitrogens with zero attached hydrogens (tertiary/aromatic N) is 2. The molecule has 0 aliphatic rings. The van der Waals surface area contributed by atoms with Gasteiger partial charge in [-0.25, -0.2) is 0 Å². The second-order valence-corrected chi connectivity index (χ2v) is 7.75. The third kappa shape index (κ3) is 4.74. The van der Waals surface area contributed by atoms with E-state index in [9.17, 15) is 14.4 Å². The zero-order valence-corrected chi connectivity index (χ0v) is 19.8. The molecule has 0 saturated carbocycles. The Morgan fingerprint density at radius 3 is 1.94 bits per heavy atom. The predicted molar refractivity (Wildman–Crippen MR) is 133 cm³/mol. The highest BCUT2D eigenvalue weighted by atomic mass is 16.5. The number of benzene rings is 3. The van der Waals surface area contributed by atoms with Gasteiger partial charge in [-0.1, -0.05) is 0 Å². The van der Waals surface area contributed by atoms with E-state index in [1.54, 1.807) is 67.8 Å². The van der Waals surface area contributed by atoms with Crippen molar-refractivity contribution in [3.8, 4) is 23.0 Å². The van der Waals surface area contributed by atoms with Crippen LogP contribution in [0.3, 0.4) is 0 Å². The highest BCUT2D eigenvalue weighted by molar-refractivity contribution is 6.06. The van der Waals surface area contributed by atoms with Gasteiger partial charge in [0.15, 0.2) is 5.75 Å². The van der Waals surface area contributed by atoms with Gasteiger partial charge in [-0.15, -0.1) is 0 Å². The fraction of sp³-hybridized carbons (Fsp3) is 0.192. The molecule has 9 nitrogen and oxygen atoms in total. The van der Waals surface area contributed by atoms with Crippen molar-refractivity contribution in [3.05, 3.63) is 86.9 Å². The van der Waals surface area contributed by atoms with E-state index in [2.05, 4.69) is 5.32 Å². The second-order valence-electron chi connectivity index (χ2n) is 7.75. The van der Waals surface area contributed by atoms with Gasteiger partial charge in [0.25, 0.3) is 5.91 Å². The number of ether oxygens (including phenoxy) is 3. The molecule has 1 aromatic heterocycles. The lowest BCUT2D eigenvalue weighted by Gasteiger charge is -2.17. The fourth-order valence-electron chi connectivity index (χ4n) is 3.62. The average molecular weight is 476 g/mol. The van der Waals surface area contributed by atoms with Crippen molar-refractivity contribution >= 4 is 22.6 Å². The molecule has 0 atom stereocenters. The molecule has 0 fully saturated rings. The first kappa shape index (κ1) is 23.6. The maximum absolute atomic E-state index is 13.0. The topological polar surface area (TPSA) is 101 Å². The third-order valence-electron chi connectivity index (χ3n) is 5.55. The summed E-state index contributed by atoms with van der Waals surface area (Å²) in [7, 11) is 4.57. The number of aromatic nitrogens is 2. The van der Waals surface area contributed by atoms with Crippen LogP contribution in [-0.2, 0) is 14.1 Å². The lowest BCUT2D eigenvalue weighted by atomic mass is 10.2. The number of hydrogen-bond acceptors (Lipinski definition) is 6. The van der Waals surface area contributed by atoms with Crippen LogP contribution in [0.25, 0.3) is 11.0 Å². The van der Waals surface area contributed by atoms with E-state index < -0.39 is 11.1 Å². The van der Waals surface area contributed by atoms with Crippen LogP contribution in [0.15, 0.2) is 70.3 Å². The van der Waals surface area contributed by atoms with Gasteiger partial charge in [-0.2, -0.15) is 0 Å². The summed E-state index contributed by atoms with van der Waals surface area (Å²) in [5.74, 6) is 1.75. The minimum absolute atomic E-state index is 0.303. The number of fused-ring (bicyclic) bond motifs is 1. The number of nitrogens with one attached hydrogen (secondary N) is 1. The van der Waals surface area contributed by atoms with Gasteiger partial charge in [-0.05, 0) is 61.5 Å². The largest absolute Gasteiger partial charge is 0.497 e. The minimum Gasteiger partial charge on any atom is -0.497 e. The molecule has 0 aliphatic carbocycles. The molecule has 0 unspecified atom stereocenters. The van der Waals surface area contributed by atoms with Crippen molar-refractivity contribution in [3.63, 3.8) is 0 Å². The van der Waals surface area contributed by atoms with E-state index in [-0.39, 0.29) is 5.91 Å². The number of methoxy groups -OCH3 is 1. The molecule has 1 heterocycles. The zero-order chi connectivity index (χ0) is 25.1. The van der Waals surface area contributed by atoms with Gasteiger partial charge in [-0.3, -0.25) is 14.4 Å². The summed E-state index contributed by atoms with van der Waals surface area (Å²) in [6, 6.07) is 16.9. The fourth-order valence-corrected chi connectivity index (χ4v) is 3.62.